The molecule has 5 heteroatoms. The molecule has 1 heterocycles. The van der Waals surface area contributed by atoms with Gasteiger partial charge >= 0.3 is 0 Å². The van der Waals surface area contributed by atoms with Crippen LogP contribution in [0.15, 0.2) is 30.6 Å². The molecule has 0 fully saturated rings. The van der Waals surface area contributed by atoms with Crippen LogP contribution in [0.5, 0.6) is 0 Å². The summed E-state index contributed by atoms with van der Waals surface area (Å²) >= 11 is 0. The van der Waals surface area contributed by atoms with E-state index in [1.807, 2.05) is 4.68 Å². The quantitative estimate of drug-likeness (QED) is 0.838. The van der Waals surface area contributed by atoms with Crippen LogP contribution >= 0.6 is 0 Å². The predicted octanol–water partition coefficient (Wildman–Crippen LogP) is 1.96. The van der Waals surface area contributed by atoms with Crippen molar-refractivity contribution < 1.29 is 0 Å². The molecule has 1 aromatic carbocycles. The molecule has 0 aliphatic heterocycles. The number of rotatable bonds is 7. The zero-order valence-corrected chi connectivity index (χ0v) is 12.3. The summed E-state index contributed by atoms with van der Waals surface area (Å²) in [7, 11) is 0. The fourth-order valence-electron chi connectivity index (χ4n) is 2.18. The van der Waals surface area contributed by atoms with E-state index in [-0.39, 0.29) is 0 Å². The SMILES string of the molecule is CCn1ncnc1CN(CCCN)c1ccc(C)cc1. The van der Waals surface area contributed by atoms with Crippen molar-refractivity contribution in [1.29, 1.82) is 0 Å². The van der Waals surface area contributed by atoms with Crippen LogP contribution in [0.3, 0.4) is 0 Å². The summed E-state index contributed by atoms with van der Waals surface area (Å²) in [5, 5.41) is 4.23. The molecule has 0 saturated carbocycles. The number of aromatic nitrogens is 3. The maximum Gasteiger partial charge on any atom is 0.146 e. The molecule has 0 atom stereocenters. The van der Waals surface area contributed by atoms with Crippen LogP contribution in [-0.4, -0.2) is 27.9 Å². The molecular formula is C15H23N5. The Balaban J connectivity index is 2.17. The summed E-state index contributed by atoms with van der Waals surface area (Å²) in [5.41, 5.74) is 8.12. The molecule has 108 valence electrons. The van der Waals surface area contributed by atoms with Crippen molar-refractivity contribution in [3.8, 4) is 0 Å². The molecule has 0 amide bonds. The van der Waals surface area contributed by atoms with Crippen LogP contribution < -0.4 is 10.6 Å². The van der Waals surface area contributed by atoms with Crippen molar-refractivity contribution in [3.05, 3.63) is 42.0 Å². The minimum atomic E-state index is 0.697. The Morgan fingerprint density at radius 1 is 1.25 bits per heavy atom. The van der Waals surface area contributed by atoms with E-state index in [1.165, 1.54) is 11.3 Å². The lowest BCUT2D eigenvalue weighted by Crippen LogP contribution is -2.27. The Bertz CT molecular complexity index is 517. The topological polar surface area (TPSA) is 60.0 Å². The molecule has 5 nitrogen and oxygen atoms in total. The molecule has 2 N–H and O–H groups in total. The molecule has 0 bridgehead atoms. The van der Waals surface area contributed by atoms with Gasteiger partial charge in [-0.2, -0.15) is 5.10 Å². The van der Waals surface area contributed by atoms with Crippen molar-refractivity contribution in [2.75, 3.05) is 18.0 Å². The smallest absolute Gasteiger partial charge is 0.146 e. The summed E-state index contributed by atoms with van der Waals surface area (Å²) in [6, 6.07) is 8.57. The molecule has 0 unspecified atom stereocenters. The molecule has 2 rings (SSSR count). The number of anilines is 1. The van der Waals surface area contributed by atoms with Crippen molar-refractivity contribution in [1.82, 2.24) is 14.8 Å². The van der Waals surface area contributed by atoms with Crippen LogP contribution in [0.1, 0.15) is 24.7 Å². The van der Waals surface area contributed by atoms with E-state index < -0.39 is 0 Å². The van der Waals surface area contributed by atoms with Gasteiger partial charge in [-0.15, -0.1) is 0 Å². The largest absolute Gasteiger partial charge is 0.364 e. The van der Waals surface area contributed by atoms with Crippen molar-refractivity contribution >= 4 is 5.69 Å². The number of aryl methyl sites for hydroxylation is 2. The van der Waals surface area contributed by atoms with Gasteiger partial charge in [0.05, 0.1) is 6.54 Å². The summed E-state index contributed by atoms with van der Waals surface area (Å²) in [4.78, 5) is 6.66. The van der Waals surface area contributed by atoms with Crippen LogP contribution in [0, 0.1) is 6.92 Å². The molecule has 20 heavy (non-hydrogen) atoms. The van der Waals surface area contributed by atoms with Gasteiger partial charge in [-0.05, 0) is 38.9 Å². The van der Waals surface area contributed by atoms with Gasteiger partial charge in [-0.25, -0.2) is 9.67 Å². The second kappa shape index (κ2) is 7.05. The highest BCUT2D eigenvalue weighted by Crippen LogP contribution is 2.17. The van der Waals surface area contributed by atoms with Gasteiger partial charge in [0.1, 0.15) is 12.2 Å². The minimum absolute atomic E-state index is 0.697. The van der Waals surface area contributed by atoms with Gasteiger partial charge in [-0.3, -0.25) is 0 Å². The molecule has 1 aromatic heterocycles. The molecular weight excluding hydrogens is 250 g/mol. The first-order valence-corrected chi connectivity index (χ1v) is 7.13. The second-order valence-electron chi connectivity index (χ2n) is 4.89. The van der Waals surface area contributed by atoms with Crippen molar-refractivity contribution in [2.24, 2.45) is 5.73 Å². The molecule has 0 spiro atoms. The van der Waals surface area contributed by atoms with Crippen molar-refractivity contribution in [2.45, 2.75) is 33.4 Å². The number of benzene rings is 1. The Morgan fingerprint density at radius 2 is 2.00 bits per heavy atom. The average Bonchev–Trinajstić information content (AvgIpc) is 2.91. The average molecular weight is 273 g/mol. The lowest BCUT2D eigenvalue weighted by atomic mass is 10.2. The van der Waals surface area contributed by atoms with Crippen LogP contribution in [0.4, 0.5) is 5.69 Å². The van der Waals surface area contributed by atoms with E-state index in [4.69, 9.17) is 5.73 Å². The maximum absolute atomic E-state index is 5.65. The van der Waals surface area contributed by atoms with E-state index >= 15 is 0 Å². The van der Waals surface area contributed by atoms with Gasteiger partial charge in [0.15, 0.2) is 0 Å². The van der Waals surface area contributed by atoms with E-state index in [9.17, 15) is 0 Å². The van der Waals surface area contributed by atoms with Gasteiger partial charge in [0.2, 0.25) is 0 Å². The lowest BCUT2D eigenvalue weighted by molar-refractivity contribution is 0.597. The van der Waals surface area contributed by atoms with Crippen LogP contribution in [-0.2, 0) is 13.1 Å². The second-order valence-corrected chi connectivity index (χ2v) is 4.89. The Hall–Kier alpha value is -1.88. The lowest BCUT2D eigenvalue weighted by Gasteiger charge is -2.24. The van der Waals surface area contributed by atoms with Gasteiger partial charge < -0.3 is 10.6 Å². The van der Waals surface area contributed by atoms with E-state index in [0.29, 0.717) is 6.54 Å². The minimum Gasteiger partial charge on any atom is -0.364 e. The van der Waals surface area contributed by atoms with E-state index in [0.717, 1.165) is 31.9 Å². The summed E-state index contributed by atoms with van der Waals surface area (Å²) in [6.45, 7) is 7.40. The first kappa shape index (κ1) is 14.5. The van der Waals surface area contributed by atoms with Gasteiger partial charge in [-0.1, -0.05) is 17.7 Å². The first-order chi connectivity index (χ1) is 9.74. The first-order valence-electron chi connectivity index (χ1n) is 7.13. The predicted molar refractivity (Wildman–Crippen MR) is 81.6 cm³/mol. The number of nitrogens with zero attached hydrogens (tertiary/aromatic N) is 4. The zero-order valence-electron chi connectivity index (χ0n) is 12.3. The monoisotopic (exact) mass is 273 g/mol. The van der Waals surface area contributed by atoms with Crippen molar-refractivity contribution in [3.63, 3.8) is 0 Å². The summed E-state index contributed by atoms with van der Waals surface area (Å²) < 4.78 is 1.93. The molecule has 0 aliphatic rings. The molecule has 0 aliphatic carbocycles. The highest BCUT2D eigenvalue weighted by Gasteiger charge is 2.11. The normalized spacial score (nSPS) is 10.8. The van der Waals surface area contributed by atoms with Gasteiger partial charge in [0, 0.05) is 18.8 Å². The zero-order chi connectivity index (χ0) is 14.4. The molecule has 2 aromatic rings. The number of nitrogens with two attached hydrogens (primary N) is 1. The Morgan fingerprint density at radius 3 is 2.65 bits per heavy atom. The van der Waals surface area contributed by atoms with Crippen LogP contribution in [0.25, 0.3) is 0 Å². The van der Waals surface area contributed by atoms with Gasteiger partial charge in [0.25, 0.3) is 0 Å². The fourth-order valence-corrected chi connectivity index (χ4v) is 2.18. The standard InChI is InChI=1S/C15H23N5/c1-3-20-15(17-12-18-20)11-19(10-4-9-16)14-7-5-13(2)6-8-14/h5-8,12H,3-4,9-11,16H2,1-2H3. The Labute approximate surface area is 120 Å². The summed E-state index contributed by atoms with van der Waals surface area (Å²) in [6.07, 6.45) is 2.59. The summed E-state index contributed by atoms with van der Waals surface area (Å²) in [5.74, 6) is 0.991. The third-order valence-corrected chi connectivity index (χ3v) is 3.36. The van der Waals surface area contributed by atoms with E-state index in [1.54, 1.807) is 6.33 Å². The number of hydrogen-bond donors (Lipinski definition) is 1. The highest BCUT2D eigenvalue weighted by atomic mass is 15.3. The Kier molecular flexibility index (Phi) is 5.12. The molecule has 0 radical (unpaired) electrons. The molecule has 0 saturated heterocycles. The fraction of sp³-hybridized carbons (Fsp3) is 0.467. The van der Waals surface area contributed by atoms with E-state index in [2.05, 4.69) is 53.1 Å². The number of hydrogen-bond acceptors (Lipinski definition) is 4. The highest BCUT2D eigenvalue weighted by molar-refractivity contribution is 5.47. The third-order valence-electron chi connectivity index (χ3n) is 3.36. The third kappa shape index (κ3) is 3.57. The van der Waals surface area contributed by atoms with Crippen LogP contribution in [0.2, 0.25) is 0 Å². The maximum atomic E-state index is 5.65.